The van der Waals surface area contributed by atoms with Crippen LogP contribution in [0, 0.1) is 6.92 Å². The van der Waals surface area contributed by atoms with E-state index in [-0.39, 0.29) is 12.6 Å². The van der Waals surface area contributed by atoms with Crippen LogP contribution in [0.4, 0.5) is 5.82 Å². The van der Waals surface area contributed by atoms with E-state index >= 15 is 0 Å². The van der Waals surface area contributed by atoms with Crippen molar-refractivity contribution in [1.29, 1.82) is 0 Å². The number of rotatable bonds is 10. The van der Waals surface area contributed by atoms with Crippen LogP contribution in [-0.2, 0) is 16.6 Å². The summed E-state index contributed by atoms with van der Waals surface area (Å²) in [6.07, 6.45) is 1.16. The van der Waals surface area contributed by atoms with Gasteiger partial charge >= 0.3 is 0 Å². The van der Waals surface area contributed by atoms with Crippen LogP contribution in [0.15, 0.2) is 48.5 Å². The van der Waals surface area contributed by atoms with Gasteiger partial charge in [0.2, 0.25) is 10.0 Å². The van der Waals surface area contributed by atoms with Gasteiger partial charge in [0.15, 0.2) is 11.5 Å². The number of sulfonamides is 1. The summed E-state index contributed by atoms with van der Waals surface area (Å²) in [7, 11) is -1.63. The predicted octanol–water partition coefficient (Wildman–Crippen LogP) is 5.30. The first-order valence-electron chi connectivity index (χ1n) is 11.6. The number of hydrogen-bond donors (Lipinski definition) is 2. The van der Waals surface area contributed by atoms with Crippen LogP contribution in [-0.4, -0.2) is 38.4 Å². The molecule has 2 heterocycles. The second-order valence-electron chi connectivity index (χ2n) is 8.43. The van der Waals surface area contributed by atoms with E-state index in [2.05, 4.69) is 39.1 Å². The fraction of sp³-hybridized carbons (Fsp3) is 0.308. The van der Waals surface area contributed by atoms with Crippen molar-refractivity contribution in [3.8, 4) is 21.9 Å². The van der Waals surface area contributed by atoms with Gasteiger partial charge in [-0.2, -0.15) is 0 Å². The van der Waals surface area contributed by atoms with Gasteiger partial charge in [-0.05, 0) is 56.2 Å². The maximum atomic E-state index is 11.4. The number of benzene rings is 2. The molecule has 0 aliphatic heterocycles. The lowest BCUT2D eigenvalue weighted by Crippen LogP contribution is -2.21. The second kappa shape index (κ2) is 10.8. The number of aryl methyl sites for hydroxylation is 1. The molecule has 0 saturated heterocycles. The zero-order valence-corrected chi connectivity index (χ0v) is 22.6. The minimum Gasteiger partial charge on any atom is -0.493 e. The number of methoxy groups -OCH3 is 1. The predicted molar refractivity (Wildman–Crippen MR) is 145 cm³/mol. The van der Waals surface area contributed by atoms with Crippen LogP contribution >= 0.6 is 11.3 Å². The molecule has 36 heavy (non-hydrogen) atoms. The molecule has 10 heteroatoms. The molecule has 0 aliphatic carbocycles. The molecule has 2 aromatic carbocycles. The third kappa shape index (κ3) is 6.13. The van der Waals surface area contributed by atoms with Gasteiger partial charge in [-0.3, -0.25) is 0 Å². The van der Waals surface area contributed by atoms with Crippen molar-refractivity contribution >= 4 is 38.1 Å². The van der Waals surface area contributed by atoms with E-state index in [1.807, 2.05) is 50.2 Å². The lowest BCUT2D eigenvalue weighted by molar-refractivity contribution is 0.311. The van der Waals surface area contributed by atoms with E-state index < -0.39 is 10.0 Å². The molecule has 0 spiro atoms. The summed E-state index contributed by atoms with van der Waals surface area (Å²) in [6, 6.07) is 15.9. The highest BCUT2D eigenvalue weighted by molar-refractivity contribution is 7.88. The second-order valence-corrected chi connectivity index (χ2v) is 11.4. The van der Waals surface area contributed by atoms with Gasteiger partial charge in [0.25, 0.3) is 0 Å². The average molecular weight is 527 g/mol. The van der Waals surface area contributed by atoms with Crippen molar-refractivity contribution in [1.82, 2.24) is 14.7 Å². The fourth-order valence-electron chi connectivity index (χ4n) is 3.86. The third-order valence-corrected chi connectivity index (χ3v) is 7.54. The Hall–Kier alpha value is -3.21. The summed E-state index contributed by atoms with van der Waals surface area (Å²) in [4.78, 5) is 11.5. The first-order valence-corrected chi connectivity index (χ1v) is 14.3. The first-order chi connectivity index (χ1) is 17.2. The summed E-state index contributed by atoms with van der Waals surface area (Å²) in [6.45, 7) is 6.69. The standard InChI is InChI=1S/C26H30N4O4S2/c1-6-34-23-14-21-20(13-22(23)33-4)26(30-17(3)29-21)28-16(2)24-10-11-25(35-24)19-9-7-8-18(12-19)15-27-36(5,31)32/h7-14,16,27H,6,15H2,1-5H3,(H,28,29,30)/t16-/m0/s1. The number of fused-ring (bicyclic) bond motifs is 1. The van der Waals surface area contributed by atoms with Gasteiger partial charge in [-0.1, -0.05) is 18.2 Å². The Morgan fingerprint density at radius 2 is 1.89 bits per heavy atom. The minimum absolute atomic E-state index is 0.00565. The number of hydrogen-bond acceptors (Lipinski definition) is 8. The molecule has 0 amide bonds. The molecule has 2 aromatic heterocycles. The normalized spacial score (nSPS) is 12.5. The summed E-state index contributed by atoms with van der Waals surface area (Å²) in [5.41, 5.74) is 2.73. The van der Waals surface area contributed by atoms with Crippen molar-refractivity contribution in [2.45, 2.75) is 33.4 Å². The lowest BCUT2D eigenvalue weighted by Gasteiger charge is -2.17. The van der Waals surface area contributed by atoms with E-state index in [1.54, 1.807) is 18.4 Å². The van der Waals surface area contributed by atoms with Crippen molar-refractivity contribution < 1.29 is 17.9 Å². The van der Waals surface area contributed by atoms with Gasteiger partial charge in [-0.25, -0.2) is 23.1 Å². The quantitative estimate of drug-likeness (QED) is 0.289. The molecule has 190 valence electrons. The van der Waals surface area contributed by atoms with Gasteiger partial charge < -0.3 is 14.8 Å². The van der Waals surface area contributed by atoms with Gasteiger partial charge in [0.05, 0.1) is 31.5 Å². The first kappa shape index (κ1) is 25.9. The molecule has 0 fully saturated rings. The Kier molecular flexibility index (Phi) is 7.77. The fourth-order valence-corrected chi connectivity index (χ4v) is 5.29. The molecule has 0 aliphatic rings. The number of ether oxygens (including phenoxy) is 2. The third-order valence-electron chi connectivity index (χ3n) is 5.55. The summed E-state index contributed by atoms with van der Waals surface area (Å²) in [5, 5.41) is 4.40. The van der Waals surface area contributed by atoms with Gasteiger partial charge in [0.1, 0.15) is 11.6 Å². The van der Waals surface area contributed by atoms with Crippen LogP contribution in [0.25, 0.3) is 21.3 Å². The van der Waals surface area contributed by atoms with Crippen LogP contribution in [0.2, 0.25) is 0 Å². The molecule has 2 N–H and O–H groups in total. The summed E-state index contributed by atoms with van der Waals surface area (Å²) < 4.78 is 36.7. The number of nitrogens with zero attached hydrogens (tertiary/aromatic N) is 2. The highest BCUT2D eigenvalue weighted by atomic mass is 32.2. The van der Waals surface area contributed by atoms with E-state index in [4.69, 9.17) is 9.47 Å². The van der Waals surface area contributed by atoms with Crippen molar-refractivity contribution in [2.75, 3.05) is 25.3 Å². The lowest BCUT2D eigenvalue weighted by atomic mass is 10.1. The molecule has 4 aromatic rings. The van der Waals surface area contributed by atoms with Crippen molar-refractivity contribution in [2.24, 2.45) is 0 Å². The Balaban J connectivity index is 1.58. The maximum absolute atomic E-state index is 11.4. The minimum atomic E-state index is -3.25. The molecule has 0 saturated carbocycles. The molecule has 4 rings (SSSR count). The van der Waals surface area contributed by atoms with Crippen LogP contribution in [0.3, 0.4) is 0 Å². The topological polar surface area (TPSA) is 102 Å². The molecule has 0 radical (unpaired) electrons. The van der Waals surface area contributed by atoms with Crippen LogP contribution in [0.1, 0.15) is 36.2 Å². The van der Waals surface area contributed by atoms with E-state index in [0.29, 0.717) is 23.9 Å². The van der Waals surface area contributed by atoms with E-state index in [1.165, 1.54) is 0 Å². The van der Waals surface area contributed by atoms with E-state index in [0.717, 1.165) is 43.9 Å². The Morgan fingerprint density at radius 1 is 1.08 bits per heavy atom. The molecule has 1 atom stereocenters. The molecular formula is C26H30N4O4S2. The zero-order chi connectivity index (χ0) is 25.9. The monoisotopic (exact) mass is 526 g/mol. The number of aromatic nitrogens is 2. The molecule has 8 nitrogen and oxygen atoms in total. The van der Waals surface area contributed by atoms with E-state index in [9.17, 15) is 8.42 Å². The average Bonchev–Trinajstić information content (AvgIpc) is 3.33. The molecule has 0 bridgehead atoms. The van der Waals surface area contributed by atoms with Crippen molar-refractivity contribution in [3.05, 3.63) is 64.8 Å². The summed E-state index contributed by atoms with van der Waals surface area (Å²) >= 11 is 1.68. The summed E-state index contributed by atoms with van der Waals surface area (Å²) in [5.74, 6) is 2.68. The smallest absolute Gasteiger partial charge is 0.209 e. The zero-order valence-electron chi connectivity index (χ0n) is 21.0. The largest absolute Gasteiger partial charge is 0.493 e. The maximum Gasteiger partial charge on any atom is 0.209 e. The van der Waals surface area contributed by atoms with Gasteiger partial charge in [0, 0.05) is 27.8 Å². The van der Waals surface area contributed by atoms with Crippen LogP contribution in [0.5, 0.6) is 11.5 Å². The highest BCUT2D eigenvalue weighted by Gasteiger charge is 2.16. The molecular weight excluding hydrogens is 496 g/mol. The Bertz CT molecular complexity index is 1480. The number of nitrogens with one attached hydrogen (secondary N) is 2. The Labute approximate surface area is 215 Å². The Morgan fingerprint density at radius 3 is 2.61 bits per heavy atom. The van der Waals surface area contributed by atoms with Crippen LogP contribution < -0.4 is 19.5 Å². The van der Waals surface area contributed by atoms with Gasteiger partial charge in [-0.15, -0.1) is 11.3 Å². The van der Waals surface area contributed by atoms with Crippen molar-refractivity contribution in [3.63, 3.8) is 0 Å². The SMILES string of the molecule is CCOc1cc2nc(C)nc(N[C@@H](C)c3ccc(-c4cccc(CNS(C)(=O)=O)c4)s3)c2cc1OC. The molecule has 0 unspecified atom stereocenters. The number of thiophene rings is 1. The highest BCUT2D eigenvalue weighted by Crippen LogP contribution is 2.37. The number of anilines is 1.